The third-order valence-corrected chi connectivity index (χ3v) is 1.36. The maximum Gasteiger partial charge on any atom is 0.329 e. The van der Waals surface area contributed by atoms with Gasteiger partial charge in [0.15, 0.2) is 0 Å². The van der Waals surface area contributed by atoms with E-state index in [0.717, 1.165) is 6.08 Å². The summed E-state index contributed by atoms with van der Waals surface area (Å²) in [5.74, 6) is -0.892. The quantitative estimate of drug-likeness (QED) is 0.607. The first-order valence-electron chi connectivity index (χ1n) is 2.64. The molecule has 0 saturated carbocycles. The highest BCUT2D eigenvalue weighted by atomic mass is 35.5. The van der Waals surface area contributed by atoms with Crippen molar-refractivity contribution in [1.82, 2.24) is 0 Å². The van der Waals surface area contributed by atoms with E-state index in [0.29, 0.717) is 5.03 Å². The average molecular weight is 149 g/mol. The molecule has 0 atom stereocenters. The molecule has 0 saturated heterocycles. The van der Waals surface area contributed by atoms with Crippen molar-refractivity contribution in [3.05, 3.63) is 11.1 Å². The Hall–Kier alpha value is -0.500. The van der Waals surface area contributed by atoms with Crippen molar-refractivity contribution >= 4 is 17.6 Å². The van der Waals surface area contributed by atoms with Gasteiger partial charge in [-0.3, -0.25) is 0 Å². The molecule has 52 valence electrons. The van der Waals surface area contributed by atoms with Crippen LogP contribution in [0.15, 0.2) is 11.1 Å². The second-order valence-corrected chi connectivity index (χ2v) is 2.46. The first-order chi connectivity index (χ1) is 4.04. The molecule has 3 heteroatoms. The Labute approximate surface area is 59.1 Å². The van der Waals surface area contributed by atoms with Crippen LogP contribution in [0, 0.1) is 5.92 Å². The molecule has 0 bridgehead atoms. The largest absolute Gasteiger partial charge is 0.478 e. The van der Waals surface area contributed by atoms with Gasteiger partial charge < -0.3 is 5.11 Å². The van der Waals surface area contributed by atoms with Gasteiger partial charge in [0.1, 0.15) is 0 Å². The highest BCUT2D eigenvalue weighted by molar-refractivity contribution is 6.31. The van der Waals surface area contributed by atoms with E-state index >= 15 is 0 Å². The van der Waals surface area contributed by atoms with Gasteiger partial charge in [-0.15, -0.1) is 0 Å². The topological polar surface area (TPSA) is 37.3 Å². The lowest BCUT2D eigenvalue weighted by Gasteiger charge is -1.98. The van der Waals surface area contributed by atoms with Gasteiger partial charge >= 0.3 is 5.97 Å². The van der Waals surface area contributed by atoms with Crippen LogP contribution in [0.2, 0.25) is 0 Å². The maximum atomic E-state index is 9.95. The van der Waals surface area contributed by atoms with E-state index in [-0.39, 0.29) is 5.92 Å². The van der Waals surface area contributed by atoms with Crippen LogP contribution >= 0.6 is 11.6 Å². The lowest BCUT2D eigenvalue weighted by Crippen LogP contribution is -1.93. The maximum absolute atomic E-state index is 9.95. The van der Waals surface area contributed by atoms with Crippen molar-refractivity contribution in [2.24, 2.45) is 5.92 Å². The molecule has 0 spiro atoms. The summed E-state index contributed by atoms with van der Waals surface area (Å²) in [5.41, 5.74) is 0. The second kappa shape index (κ2) is 3.51. The molecule has 0 fully saturated rings. The number of allylic oxidation sites excluding steroid dienone is 1. The Morgan fingerprint density at radius 3 is 2.22 bits per heavy atom. The molecule has 0 aromatic rings. The van der Waals surface area contributed by atoms with Crippen LogP contribution in [-0.4, -0.2) is 11.1 Å². The lowest BCUT2D eigenvalue weighted by molar-refractivity contribution is -0.131. The summed E-state index contributed by atoms with van der Waals surface area (Å²) in [5, 5.41) is 8.55. The minimum Gasteiger partial charge on any atom is -0.478 e. The van der Waals surface area contributed by atoms with E-state index in [2.05, 4.69) is 0 Å². The van der Waals surface area contributed by atoms with Gasteiger partial charge in [-0.2, -0.15) is 0 Å². The van der Waals surface area contributed by atoms with E-state index in [1.807, 2.05) is 13.8 Å². The fraction of sp³-hybridized carbons (Fsp3) is 0.500. The number of rotatable bonds is 2. The number of carboxylic acids is 1. The van der Waals surface area contributed by atoms with Crippen molar-refractivity contribution in [2.75, 3.05) is 0 Å². The molecule has 0 aliphatic heterocycles. The standard InChI is InChI=1S/C6H9ClO2/c1-4(2)5(7)3-6(8)9/h3-4H,1-2H3,(H,8,9)/b5-3-. The predicted octanol–water partition coefficient (Wildman–Crippen LogP) is 1.85. The summed E-state index contributed by atoms with van der Waals surface area (Å²) in [7, 11) is 0. The van der Waals surface area contributed by atoms with Gasteiger partial charge in [0.2, 0.25) is 0 Å². The molecule has 0 aliphatic rings. The van der Waals surface area contributed by atoms with Crippen LogP contribution in [0.5, 0.6) is 0 Å². The fourth-order valence-electron chi connectivity index (χ4n) is 0.285. The molecule has 9 heavy (non-hydrogen) atoms. The fourth-order valence-corrected chi connectivity index (χ4v) is 0.378. The summed E-state index contributed by atoms with van der Waals surface area (Å²) >= 11 is 5.49. The SMILES string of the molecule is CC(C)/C(Cl)=C/C(=O)O. The zero-order chi connectivity index (χ0) is 7.44. The molecular formula is C6H9ClO2. The van der Waals surface area contributed by atoms with Crippen molar-refractivity contribution in [1.29, 1.82) is 0 Å². The van der Waals surface area contributed by atoms with E-state index in [1.54, 1.807) is 0 Å². The third kappa shape index (κ3) is 4.03. The van der Waals surface area contributed by atoms with Crippen molar-refractivity contribution < 1.29 is 9.90 Å². The minimum absolute atomic E-state index is 0.0998. The van der Waals surface area contributed by atoms with Crippen LogP contribution in [0.1, 0.15) is 13.8 Å². The van der Waals surface area contributed by atoms with Crippen LogP contribution in [0.3, 0.4) is 0 Å². The summed E-state index contributed by atoms with van der Waals surface area (Å²) in [6.07, 6.45) is 1.01. The lowest BCUT2D eigenvalue weighted by atomic mass is 10.2. The van der Waals surface area contributed by atoms with Gasteiger partial charge in [-0.25, -0.2) is 4.79 Å². The molecule has 0 rings (SSSR count). The molecule has 0 aromatic carbocycles. The third-order valence-electron chi connectivity index (χ3n) is 0.813. The zero-order valence-electron chi connectivity index (χ0n) is 5.39. The van der Waals surface area contributed by atoms with E-state index < -0.39 is 5.97 Å². The summed E-state index contributed by atoms with van der Waals surface area (Å²) < 4.78 is 0. The number of carbonyl (C=O) groups is 1. The molecule has 0 heterocycles. The Kier molecular flexibility index (Phi) is 3.32. The molecule has 0 aliphatic carbocycles. The molecular weight excluding hydrogens is 140 g/mol. The smallest absolute Gasteiger partial charge is 0.329 e. The Bertz CT molecular complexity index is 138. The van der Waals surface area contributed by atoms with Crippen LogP contribution < -0.4 is 0 Å². The average Bonchev–Trinajstić information content (AvgIpc) is 1.63. The summed E-state index contributed by atoms with van der Waals surface area (Å²) in [4.78, 5) is 9.95. The normalized spacial score (nSPS) is 12.2. The van der Waals surface area contributed by atoms with Gasteiger partial charge in [0.05, 0.1) is 0 Å². The van der Waals surface area contributed by atoms with Gasteiger partial charge in [-0.1, -0.05) is 25.4 Å². The number of hydrogen-bond acceptors (Lipinski definition) is 1. The van der Waals surface area contributed by atoms with E-state index in [4.69, 9.17) is 16.7 Å². The van der Waals surface area contributed by atoms with Gasteiger partial charge in [0.25, 0.3) is 0 Å². The molecule has 0 aromatic heterocycles. The highest BCUT2D eigenvalue weighted by Crippen LogP contribution is 2.12. The van der Waals surface area contributed by atoms with E-state index in [1.165, 1.54) is 0 Å². The molecule has 1 N–H and O–H groups in total. The molecule has 0 amide bonds. The van der Waals surface area contributed by atoms with Crippen molar-refractivity contribution in [3.63, 3.8) is 0 Å². The van der Waals surface area contributed by atoms with Gasteiger partial charge in [-0.05, 0) is 5.92 Å². The number of halogens is 1. The van der Waals surface area contributed by atoms with Gasteiger partial charge in [0, 0.05) is 11.1 Å². The highest BCUT2D eigenvalue weighted by Gasteiger charge is 2.00. The Balaban J connectivity index is 4.00. The monoisotopic (exact) mass is 148 g/mol. The number of hydrogen-bond donors (Lipinski definition) is 1. The van der Waals surface area contributed by atoms with Crippen molar-refractivity contribution in [2.45, 2.75) is 13.8 Å². The summed E-state index contributed by atoms with van der Waals surface area (Å²) in [6.45, 7) is 3.67. The number of aliphatic carboxylic acids is 1. The zero-order valence-corrected chi connectivity index (χ0v) is 6.14. The first kappa shape index (κ1) is 8.50. The number of carboxylic acid groups (broad SMARTS) is 1. The second-order valence-electron chi connectivity index (χ2n) is 2.02. The molecule has 0 unspecified atom stereocenters. The minimum atomic E-state index is -0.992. The summed E-state index contributed by atoms with van der Waals surface area (Å²) in [6, 6.07) is 0. The first-order valence-corrected chi connectivity index (χ1v) is 3.02. The Morgan fingerprint density at radius 1 is 1.67 bits per heavy atom. The van der Waals surface area contributed by atoms with E-state index in [9.17, 15) is 4.79 Å². The van der Waals surface area contributed by atoms with Crippen molar-refractivity contribution in [3.8, 4) is 0 Å². The van der Waals surface area contributed by atoms with Crippen LogP contribution in [0.25, 0.3) is 0 Å². The van der Waals surface area contributed by atoms with Crippen LogP contribution in [-0.2, 0) is 4.79 Å². The molecule has 0 radical (unpaired) electrons. The predicted molar refractivity (Wildman–Crippen MR) is 36.4 cm³/mol. The Morgan fingerprint density at radius 2 is 2.11 bits per heavy atom. The molecule has 2 nitrogen and oxygen atoms in total. The van der Waals surface area contributed by atoms with Crippen LogP contribution in [0.4, 0.5) is 0 Å².